The topological polar surface area (TPSA) is 66.0 Å². The quantitative estimate of drug-likeness (QED) is 0.634. The van der Waals surface area contributed by atoms with Crippen LogP contribution in [-0.2, 0) is 0 Å². The first-order valence-corrected chi connectivity index (χ1v) is 8.94. The highest BCUT2D eigenvalue weighted by molar-refractivity contribution is 5.65. The van der Waals surface area contributed by atoms with Crippen LogP contribution in [0.15, 0.2) is 48.7 Å². The first-order chi connectivity index (χ1) is 13.1. The number of rotatable bonds is 7. The molecule has 1 heterocycles. The Morgan fingerprint density at radius 3 is 2.56 bits per heavy atom. The Bertz CT molecular complexity index is 910. The van der Waals surface area contributed by atoms with Gasteiger partial charge in [0.15, 0.2) is 5.82 Å². The molecule has 0 radical (unpaired) electrons. The molecule has 3 aromatic rings. The molecule has 1 aromatic heterocycles. The fourth-order valence-corrected chi connectivity index (χ4v) is 2.82. The molecule has 0 aliphatic rings. The Labute approximate surface area is 158 Å². The summed E-state index contributed by atoms with van der Waals surface area (Å²) < 4.78 is 13.3. The summed E-state index contributed by atoms with van der Waals surface area (Å²) in [4.78, 5) is 6.69. The molecule has 140 valence electrons. The van der Waals surface area contributed by atoms with Gasteiger partial charge in [-0.05, 0) is 62.7 Å². The highest BCUT2D eigenvalue weighted by Crippen LogP contribution is 2.25. The molecule has 0 amide bonds. The molecule has 0 unspecified atom stereocenters. The molecule has 0 spiro atoms. The van der Waals surface area contributed by atoms with Crippen LogP contribution in [0.25, 0.3) is 0 Å². The van der Waals surface area contributed by atoms with Crippen molar-refractivity contribution in [1.29, 1.82) is 0 Å². The number of halogens is 1. The lowest BCUT2D eigenvalue weighted by Crippen LogP contribution is -2.21. The fourth-order valence-electron chi connectivity index (χ4n) is 2.82. The van der Waals surface area contributed by atoms with Gasteiger partial charge in [0.1, 0.15) is 5.82 Å². The molecule has 0 aliphatic carbocycles. The van der Waals surface area contributed by atoms with Gasteiger partial charge in [0.25, 0.3) is 0 Å². The summed E-state index contributed by atoms with van der Waals surface area (Å²) in [6, 6.07) is 12.4. The van der Waals surface area contributed by atoms with Crippen molar-refractivity contribution in [3.63, 3.8) is 0 Å². The molecule has 0 atom stereocenters. The standard InChI is InChI=1S/C20H23FN6/c1-4-27(5-2)17-9-10-18(14(3)11-17)24-19-13-22-26-20(25-19)23-16-8-6-7-15(21)12-16/h6-13H,4-5H2,1-3H3,(H2,23,24,25,26). The minimum Gasteiger partial charge on any atom is -0.372 e. The molecule has 6 nitrogen and oxygen atoms in total. The molecule has 7 heteroatoms. The van der Waals surface area contributed by atoms with Gasteiger partial charge in [-0.3, -0.25) is 0 Å². The van der Waals surface area contributed by atoms with E-state index < -0.39 is 0 Å². The van der Waals surface area contributed by atoms with Gasteiger partial charge < -0.3 is 15.5 Å². The number of nitrogens with zero attached hydrogens (tertiary/aromatic N) is 4. The van der Waals surface area contributed by atoms with E-state index in [4.69, 9.17) is 0 Å². The number of hydrogen-bond acceptors (Lipinski definition) is 6. The van der Waals surface area contributed by atoms with Crippen LogP contribution in [0.1, 0.15) is 19.4 Å². The van der Waals surface area contributed by atoms with Crippen molar-refractivity contribution in [1.82, 2.24) is 15.2 Å². The van der Waals surface area contributed by atoms with Crippen molar-refractivity contribution in [2.45, 2.75) is 20.8 Å². The van der Waals surface area contributed by atoms with Crippen LogP contribution in [0.3, 0.4) is 0 Å². The van der Waals surface area contributed by atoms with Gasteiger partial charge in [0.05, 0.1) is 6.20 Å². The molecule has 0 fully saturated rings. The Morgan fingerprint density at radius 2 is 1.85 bits per heavy atom. The highest BCUT2D eigenvalue weighted by Gasteiger charge is 2.07. The van der Waals surface area contributed by atoms with E-state index in [-0.39, 0.29) is 5.82 Å². The molecular weight excluding hydrogens is 343 g/mol. The van der Waals surface area contributed by atoms with Gasteiger partial charge in [-0.25, -0.2) is 4.39 Å². The molecule has 2 N–H and O–H groups in total. The number of nitrogens with one attached hydrogen (secondary N) is 2. The first-order valence-electron chi connectivity index (χ1n) is 8.94. The maximum atomic E-state index is 13.3. The summed E-state index contributed by atoms with van der Waals surface area (Å²) >= 11 is 0. The Morgan fingerprint density at radius 1 is 1.04 bits per heavy atom. The van der Waals surface area contributed by atoms with Gasteiger partial charge >= 0.3 is 0 Å². The Hall–Kier alpha value is -3.22. The lowest BCUT2D eigenvalue weighted by Gasteiger charge is -2.22. The summed E-state index contributed by atoms with van der Waals surface area (Å²) in [5.41, 5.74) is 3.81. The van der Waals surface area contributed by atoms with Crippen molar-refractivity contribution in [3.05, 3.63) is 60.0 Å². The zero-order chi connectivity index (χ0) is 19.2. The van der Waals surface area contributed by atoms with E-state index in [0.29, 0.717) is 17.5 Å². The van der Waals surface area contributed by atoms with Crippen LogP contribution in [-0.4, -0.2) is 28.3 Å². The third-order valence-corrected chi connectivity index (χ3v) is 4.24. The van der Waals surface area contributed by atoms with Gasteiger partial charge in [-0.15, -0.1) is 5.10 Å². The Kier molecular flexibility index (Phi) is 5.80. The van der Waals surface area contributed by atoms with Crippen LogP contribution in [0.5, 0.6) is 0 Å². The first kappa shape index (κ1) is 18.6. The van der Waals surface area contributed by atoms with Crippen LogP contribution >= 0.6 is 0 Å². The van der Waals surface area contributed by atoms with Crippen molar-refractivity contribution in [2.75, 3.05) is 28.6 Å². The molecular formula is C20H23FN6. The van der Waals surface area contributed by atoms with Gasteiger partial charge in [0, 0.05) is 30.2 Å². The zero-order valence-corrected chi connectivity index (χ0v) is 15.7. The summed E-state index contributed by atoms with van der Waals surface area (Å²) in [5, 5.41) is 14.1. The molecule has 0 aliphatic heterocycles. The third kappa shape index (κ3) is 4.69. The second-order valence-corrected chi connectivity index (χ2v) is 6.10. The Balaban J connectivity index is 1.76. The maximum absolute atomic E-state index is 13.3. The van der Waals surface area contributed by atoms with Crippen LogP contribution in [0.4, 0.5) is 33.2 Å². The highest BCUT2D eigenvalue weighted by atomic mass is 19.1. The summed E-state index contributed by atoms with van der Waals surface area (Å²) in [6.45, 7) is 8.27. The fraction of sp³-hybridized carbons (Fsp3) is 0.250. The second kappa shape index (κ2) is 8.44. The number of anilines is 5. The average Bonchev–Trinajstić information content (AvgIpc) is 2.65. The normalized spacial score (nSPS) is 10.5. The maximum Gasteiger partial charge on any atom is 0.249 e. The summed E-state index contributed by atoms with van der Waals surface area (Å²) in [7, 11) is 0. The molecule has 27 heavy (non-hydrogen) atoms. The SMILES string of the molecule is CCN(CC)c1ccc(Nc2cnnc(Nc3cccc(F)c3)n2)c(C)c1. The number of aromatic nitrogens is 3. The van der Waals surface area contributed by atoms with Crippen LogP contribution in [0.2, 0.25) is 0 Å². The van der Waals surface area contributed by atoms with Gasteiger partial charge in [-0.1, -0.05) is 6.07 Å². The van der Waals surface area contributed by atoms with Crippen molar-refractivity contribution in [2.24, 2.45) is 0 Å². The lowest BCUT2D eigenvalue weighted by atomic mass is 10.1. The molecule has 0 saturated carbocycles. The van der Waals surface area contributed by atoms with E-state index in [2.05, 4.69) is 63.6 Å². The monoisotopic (exact) mass is 366 g/mol. The molecule has 0 bridgehead atoms. The van der Waals surface area contributed by atoms with E-state index in [1.807, 2.05) is 6.07 Å². The second-order valence-electron chi connectivity index (χ2n) is 6.10. The van der Waals surface area contributed by atoms with E-state index in [1.165, 1.54) is 17.8 Å². The van der Waals surface area contributed by atoms with Crippen LogP contribution < -0.4 is 15.5 Å². The predicted octanol–water partition coefficient (Wildman–Crippen LogP) is 4.65. The van der Waals surface area contributed by atoms with Crippen molar-refractivity contribution in [3.8, 4) is 0 Å². The number of benzene rings is 2. The number of aryl methyl sites for hydroxylation is 1. The minimum atomic E-state index is -0.328. The minimum absolute atomic E-state index is 0.294. The van der Waals surface area contributed by atoms with Gasteiger partial charge in [-0.2, -0.15) is 10.1 Å². The smallest absolute Gasteiger partial charge is 0.249 e. The summed E-state index contributed by atoms with van der Waals surface area (Å²) in [6.07, 6.45) is 1.55. The third-order valence-electron chi connectivity index (χ3n) is 4.24. The van der Waals surface area contributed by atoms with Crippen molar-refractivity contribution >= 4 is 28.8 Å². The largest absolute Gasteiger partial charge is 0.372 e. The van der Waals surface area contributed by atoms with E-state index in [9.17, 15) is 4.39 Å². The molecule has 3 rings (SSSR count). The van der Waals surface area contributed by atoms with E-state index >= 15 is 0 Å². The van der Waals surface area contributed by atoms with E-state index in [0.717, 1.165) is 24.3 Å². The molecule has 0 saturated heterocycles. The van der Waals surface area contributed by atoms with Crippen molar-refractivity contribution < 1.29 is 4.39 Å². The summed E-state index contributed by atoms with van der Waals surface area (Å²) in [5.74, 6) is 0.525. The predicted molar refractivity (Wildman–Crippen MR) is 108 cm³/mol. The zero-order valence-electron chi connectivity index (χ0n) is 15.7. The van der Waals surface area contributed by atoms with Gasteiger partial charge in [0.2, 0.25) is 5.95 Å². The number of hydrogen-bond donors (Lipinski definition) is 2. The average molecular weight is 366 g/mol. The lowest BCUT2D eigenvalue weighted by molar-refractivity contribution is 0.628. The molecule has 2 aromatic carbocycles. The van der Waals surface area contributed by atoms with E-state index in [1.54, 1.807) is 18.3 Å². The van der Waals surface area contributed by atoms with Crippen LogP contribution in [0, 0.1) is 12.7 Å².